The number of benzene rings is 1. The molecular formula is C15H18ClN3O2. The molecule has 2 rings (SSSR count). The van der Waals surface area contributed by atoms with Crippen molar-refractivity contribution < 1.29 is 4.92 Å². The zero-order valence-electron chi connectivity index (χ0n) is 12.3. The Bertz CT molecular complexity index is 648. The van der Waals surface area contributed by atoms with E-state index in [1.807, 2.05) is 45.0 Å². The Balaban J connectivity index is 2.35. The van der Waals surface area contributed by atoms with Crippen molar-refractivity contribution in [2.24, 2.45) is 5.92 Å². The van der Waals surface area contributed by atoms with Crippen molar-refractivity contribution in [1.82, 2.24) is 9.78 Å². The molecule has 0 aliphatic carbocycles. The van der Waals surface area contributed by atoms with Crippen molar-refractivity contribution in [3.63, 3.8) is 0 Å². The van der Waals surface area contributed by atoms with Gasteiger partial charge in [0.05, 0.1) is 11.5 Å². The molecule has 112 valence electrons. The van der Waals surface area contributed by atoms with E-state index in [0.29, 0.717) is 18.7 Å². The smallest absolute Gasteiger partial charge is 0.258 e. The molecule has 6 heteroatoms. The predicted octanol–water partition coefficient (Wildman–Crippen LogP) is 4.00. The molecule has 0 spiro atoms. The molecule has 0 saturated heterocycles. The lowest BCUT2D eigenvalue weighted by Gasteiger charge is -2.03. The van der Waals surface area contributed by atoms with Crippen LogP contribution in [0.4, 0.5) is 5.69 Å². The fourth-order valence-corrected chi connectivity index (χ4v) is 2.43. The number of hydrogen-bond acceptors (Lipinski definition) is 3. The van der Waals surface area contributed by atoms with Crippen LogP contribution in [0.1, 0.15) is 30.7 Å². The van der Waals surface area contributed by atoms with Crippen LogP contribution in [0.5, 0.6) is 0 Å². The van der Waals surface area contributed by atoms with Crippen molar-refractivity contribution >= 4 is 17.3 Å². The molecule has 0 aliphatic rings. The lowest BCUT2D eigenvalue weighted by atomic mass is 10.1. The van der Waals surface area contributed by atoms with Gasteiger partial charge in [-0.15, -0.1) is 0 Å². The Kier molecular flexibility index (Phi) is 4.63. The van der Waals surface area contributed by atoms with E-state index >= 15 is 0 Å². The summed E-state index contributed by atoms with van der Waals surface area (Å²) in [6.45, 7) is 6.43. The van der Waals surface area contributed by atoms with Crippen LogP contribution in [0, 0.1) is 23.0 Å². The summed E-state index contributed by atoms with van der Waals surface area (Å²) in [4.78, 5) is 10.8. The quantitative estimate of drug-likeness (QED) is 0.619. The van der Waals surface area contributed by atoms with Gasteiger partial charge in [-0.25, -0.2) is 4.68 Å². The minimum Gasteiger partial charge on any atom is -0.258 e. The van der Waals surface area contributed by atoms with Crippen molar-refractivity contribution in [2.75, 3.05) is 0 Å². The Morgan fingerprint density at radius 2 is 1.95 bits per heavy atom. The average molecular weight is 308 g/mol. The van der Waals surface area contributed by atoms with E-state index in [9.17, 15) is 10.1 Å². The summed E-state index contributed by atoms with van der Waals surface area (Å²) in [5.41, 5.74) is 2.55. The third-order valence-electron chi connectivity index (χ3n) is 3.17. The summed E-state index contributed by atoms with van der Waals surface area (Å²) >= 11 is 6.15. The first kappa shape index (κ1) is 15.5. The van der Waals surface area contributed by atoms with E-state index in [2.05, 4.69) is 5.10 Å². The van der Waals surface area contributed by atoms with Gasteiger partial charge in [-0.2, -0.15) is 5.10 Å². The Morgan fingerprint density at radius 1 is 1.33 bits per heavy atom. The lowest BCUT2D eigenvalue weighted by molar-refractivity contribution is -0.385. The summed E-state index contributed by atoms with van der Waals surface area (Å²) in [5, 5.41) is 15.6. The Morgan fingerprint density at radius 3 is 2.48 bits per heavy atom. The van der Waals surface area contributed by atoms with Crippen molar-refractivity contribution in [3.8, 4) is 0 Å². The zero-order chi connectivity index (χ0) is 15.6. The van der Waals surface area contributed by atoms with E-state index < -0.39 is 4.92 Å². The van der Waals surface area contributed by atoms with Crippen molar-refractivity contribution in [3.05, 3.63) is 56.4 Å². The molecule has 0 bridgehead atoms. The first-order valence-electron chi connectivity index (χ1n) is 6.83. The lowest BCUT2D eigenvalue weighted by Crippen LogP contribution is -2.03. The topological polar surface area (TPSA) is 61.0 Å². The maximum Gasteiger partial charge on any atom is 0.329 e. The molecule has 0 saturated carbocycles. The monoisotopic (exact) mass is 307 g/mol. The van der Waals surface area contributed by atoms with Crippen molar-refractivity contribution in [1.29, 1.82) is 0 Å². The van der Waals surface area contributed by atoms with E-state index in [-0.39, 0.29) is 16.8 Å². The Hall–Kier alpha value is -1.88. The van der Waals surface area contributed by atoms with Crippen LogP contribution in [-0.4, -0.2) is 14.7 Å². The molecule has 0 unspecified atom stereocenters. The predicted molar refractivity (Wildman–Crippen MR) is 82.7 cm³/mol. The van der Waals surface area contributed by atoms with Crippen LogP contribution in [0.15, 0.2) is 24.3 Å². The standard InChI is InChI=1S/C15H18ClN3O2/c1-10(2)8-13-14(19(20)21)15(16)18(17-13)9-12-6-4-11(3)5-7-12/h4-7,10H,8-9H2,1-3H3. The second-order valence-electron chi connectivity index (χ2n) is 5.58. The van der Waals surface area contributed by atoms with Crippen LogP contribution in [-0.2, 0) is 13.0 Å². The van der Waals surface area contributed by atoms with Crippen LogP contribution in [0.2, 0.25) is 5.15 Å². The molecule has 21 heavy (non-hydrogen) atoms. The summed E-state index contributed by atoms with van der Waals surface area (Å²) in [5.74, 6) is 0.280. The molecule has 0 amide bonds. The van der Waals surface area contributed by atoms with Gasteiger partial charge in [-0.05, 0) is 18.4 Å². The molecule has 1 aromatic heterocycles. The van der Waals surface area contributed by atoms with Gasteiger partial charge in [0.25, 0.3) is 0 Å². The van der Waals surface area contributed by atoms with E-state index in [1.165, 1.54) is 4.68 Å². The molecule has 0 N–H and O–H groups in total. The SMILES string of the molecule is Cc1ccc(Cn2nc(CC(C)C)c([N+](=O)[O-])c2Cl)cc1. The molecule has 0 fully saturated rings. The maximum absolute atomic E-state index is 11.2. The molecular weight excluding hydrogens is 290 g/mol. The minimum atomic E-state index is -0.446. The fraction of sp³-hybridized carbons (Fsp3) is 0.400. The van der Waals surface area contributed by atoms with Gasteiger partial charge in [0.1, 0.15) is 5.69 Å². The van der Waals surface area contributed by atoms with E-state index in [1.54, 1.807) is 0 Å². The van der Waals surface area contributed by atoms with Gasteiger partial charge in [0.15, 0.2) is 0 Å². The van der Waals surface area contributed by atoms with Crippen LogP contribution in [0.25, 0.3) is 0 Å². The van der Waals surface area contributed by atoms with Gasteiger partial charge in [-0.3, -0.25) is 10.1 Å². The van der Waals surface area contributed by atoms with Gasteiger partial charge in [-0.1, -0.05) is 55.3 Å². The average Bonchev–Trinajstić information content (AvgIpc) is 2.68. The van der Waals surface area contributed by atoms with Gasteiger partial charge >= 0.3 is 5.69 Å². The molecule has 0 aliphatic heterocycles. The van der Waals surface area contributed by atoms with E-state index in [4.69, 9.17) is 11.6 Å². The normalized spacial score (nSPS) is 11.1. The maximum atomic E-state index is 11.2. The number of rotatable bonds is 5. The molecule has 0 atom stereocenters. The summed E-state index contributed by atoms with van der Waals surface area (Å²) in [7, 11) is 0. The number of aryl methyl sites for hydroxylation is 1. The number of nitrogens with zero attached hydrogens (tertiary/aromatic N) is 3. The summed E-state index contributed by atoms with van der Waals surface area (Å²) in [6.07, 6.45) is 0.539. The summed E-state index contributed by atoms with van der Waals surface area (Å²) < 4.78 is 1.50. The Labute approximate surface area is 128 Å². The van der Waals surface area contributed by atoms with Gasteiger partial charge in [0.2, 0.25) is 5.15 Å². The highest BCUT2D eigenvalue weighted by atomic mass is 35.5. The second-order valence-corrected chi connectivity index (χ2v) is 5.94. The van der Waals surface area contributed by atoms with Gasteiger partial charge < -0.3 is 0 Å². The molecule has 1 heterocycles. The highest BCUT2D eigenvalue weighted by Crippen LogP contribution is 2.30. The molecule has 2 aromatic rings. The summed E-state index contributed by atoms with van der Waals surface area (Å²) in [6, 6.07) is 7.94. The number of aromatic nitrogens is 2. The third kappa shape index (κ3) is 3.61. The fourth-order valence-electron chi connectivity index (χ4n) is 2.15. The third-order valence-corrected chi connectivity index (χ3v) is 3.55. The van der Waals surface area contributed by atoms with Gasteiger partial charge in [0, 0.05) is 6.42 Å². The number of nitro groups is 1. The van der Waals surface area contributed by atoms with Crippen LogP contribution >= 0.6 is 11.6 Å². The highest BCUT2D eigenvalue weighted by molar-refractivity contribution is 6.31. The van der Waals surface area contributed by atoms with E-state index in [0.717, 1.165) is 11.1 Å². The molecule has 0 radical (unpaired) electrons. The molecule has 1 aromatic carbocycles. The zero-order valence-corrected chi connectivity index (χ0v) is 13.1. The highest BCUT2D eigenvalue weighted by Gasteiger charge is 2.26. The largest absolute Gasteiger partial charge is 0.329 e. The second kappa shape index (κ2) is 6.26. The van der Waals surface area contributed by atoms with Crippen LogP contribution in [0.3, 0.4) is 0 Å². The first-order valence-corrected chi connectivity index (χ1v) is 7.21. The van der Waals surface area contributed by atoms with Crippen LogP contribution < -0.4 is 0 Å². The van der Waals surface area contributed by atoms with Crippen molar-refractivity contribution in [2.45, 2.75) is 33.7 Å². The first-order chi connectivity index (χ1) is 9.88. The molecule has 5 nitrogen and oxygen atoms in total. The number of hydrogen-bond donors (Lipinski definition) is 0. The number of halogens is 1. The minimum absolute atomic E-state index is 0.0718.